The van der Waals surface area contributed by atoms with Crippen LogP contribution in [0.15, 0.2) is 36.4 Å². The summed E-state index contributed by atoms with van der Waals surface area (Å²) in [6.07, 6.45) is -9.10. The topological polar surface area (TPSA) is 12.9 Å². The summed E-state index contributed by atoms with van der Waals surface area (Å²) in [5, 5.41) is 0. The van der Waals surface area contributed by atoms with Gasteiger partial charge < -0.3 is 0 Å². The molecule has 1 nitrogen and oxygen atoms in total. The average molecular weight is 417 g/mol. The number of rotatable bonds is 1. The zero-order chi connectivity index (χ0) is 15.8. The Morgan fingerprint density at radius 2 is 1.33 bits per heavy atom. The average Bonchev–Trinajstić information content (AvgIpc) is 2.37. The Bertz CT molecular complexity index is 645. The number of nitrogens with zero attached hydrogens (tertiary/aromatic N) is 1. The van der Waals surface area contributed by atoms with E-state index < -0.39 is 23.6 Å². The number of hydrogen-bond acceptors (Lipinski definition) is 1. The summed E-state index contributed by atoms with van der Waals surface area (Å²) in [7, 11) is 0. The normalized spacial score (nSPS) is 12.5. The van der Waals surface area contributed by atoms with Crippen molar-refractivity contribution in [2.75, 3.05) is 0 Å². The molecule has 0 amide bonds. The Kier molecular flexibility index (Phi) is 4.18. The van der Waals surface area contributed by atoms with E-state index in [1.165, 1.54) is 34.7 Å². The van der Waals surface area contributed by atoms with Crippen LogP contribution >= 0.6 is 22.6 Å². The molecule has 1 aromatic carbocycles. The number of benzene rings is 1. The standard InChI is InChI=1S/C13H6F6IN/c14-12(15,16)8-3-1-7(2-4-8)10-6-5-9(20)11(21-10)13(17,18)19/h1-6H. The second kappa shape index (κ2) is 5.47. The second-order valence-corrected chi connectivity index (χ2v) is 5.26. The number of pyridine rings is 1. The van der Waals surface area contributed by atoms with Crippen LogP contribution in [-0.4, -0.2) is 4.98 Å². The molecule has 1 aromatic heterocycles. The minimum absolute atomic E-state index is 0.0311. The molecular weight excluding hydrogens is 411 g/mol. The second-order valence-electron chi connectivity index (χ2n) is 4.10. The molecule has 0 spiro atoms. The van der Waals surface area contributed by atoms with Crippen molar-refractivity contribution < 1.29 is 26.3 Å². The van der Waals surface area contributed by atoms with E-state index in [2.05, 4.69) is 4.98 Å². The van der Waals surface area contributed by atoms with Gasteiger partial charge in [-0.2, -0.15) is 26.3 Å². The van der Waals surface area contributed by atoms with E-state index in [4.69, 9.17) is 0 Å². The highest BCUT2D eigenvalue weighted by atomic mass is 127. The van der Waals surface area contributed by atoms with E-state index in [0.29, 0.717) is 0 Å². The van der Waals surface area contributed by atoms with Crippen LogP contribution in [0.4, 0.5) is 26.3 Å². The fraction of sp³-hybridized carbons (Fsp3) is 0.154. The largest absolute Gasteiger partial charge is 0.434 e. The van der Waals surface area contributed by atoms with Gasteiger partial charge in [-0.05, 0) is 46.9 Å². The third-order valence-corrected chi connectivity index (χ3v) is 3.49. The lowest BCUT2D eigenvalue weighted by Crippen LogP contribution is -2.11. The van der Waals surface area contributed by atoms with Gasteiger partial charge in [-0.1, -0.05) is 12.1 Å². The molecule has 0 unspecified atom stereocenters. The molecule has 0 fully saturated rings. The van der Waals surface area contributed by atoms with E-state index in [0.717, 1.165) is 24.3 Å². The predicted octanol–water partition coefficient (Wildman–Crippen LogP) is 5.39. The van der Waals surface area contributed by atoms with Crippen LogP contribution in [0.1, 0.15) is 11.3 Å². The van der Waals surface area contributed by atoms with Crippen molar-refractivity contribution in [3.8, 4) is 11.3 Å². The molecule has 0 saturated carbocycles. The summed E-state index contributed by atoms with van der Waals surface area (Å²) < 4.78 is 75.5. The van der Waals surface area contributed by atoms with Crippen LogP contribution in [0.2, 0.25) is 0 Å². The summed E-state index contributed by atoms with van der Waals surface area (Å²) in [5.41, 5.74) is -1.77. The van der Waals surface area contributed by atoms with Gasteiger partial charge in [-0.25, -0.2) is 4.98 Å². The van der Waals surface area contributed by atoms with Gasteiger partial charge in [0.25, 0.3) is 0 Å². The van der Waals surface area contributed by atoms with Gasteiger partial charge in [0, 0.05) is 9.13 Å². The van der Waals surface area contributed by atoms with Crippen molar-refractivity contribution in [1.29, 1.82) is 0 Å². The lowest BCUT2D eigenvalue weighted by Gasteiger charge is -2.11. The number of alkyl halides is 6. The lowest BCUT2D eigenvalue weighted by molar-refractivity contribution is -0.141. The van der Waals surface area contributed by atoms with E-state index in [-0.39, 0.29) is 14.8 Å². The van der Waals surface area contributed by atoms with Crippen LogP contribution in [0, 0.1) is 3.57 Å². The minimum atomic E-state index is -4.61. The summed E-state index contributed by atoms with van der Waals surface area (Å²) in [6.45, 7) is 0. The fourth-order valence-electron chi connectivity index (χ4n) is 1.63. The highest BCUT2D eigenvalue weighted by Gasteiger charge is 2.35. The van der Waals surface area contributed by atoms with Gasteiger partial charge in [0.1, 0.15) is 0 Å². The summed E-state index contributed by atoms with van der Waals surface area (Å²) >= 11 is 1.51. The molecule has 0 aliphatic heterocycles. The molecule has 0 atom stereocenters. The third-order valence-electron chi connectivity index (χ3n) is 2.62. The Morgan fingerprint density at radius 1 is 0.762 bits per heavy atom. The van der Waals surface area contributed by atoms with Gasteiger partial charge in [-0.15, -0.1) is 0 Å². The van der Waals surface area contributed by atoms with Crippen LogP contribution in [-0.2, 0) is 12.4 Å². The minimum Gasteiger partial charge on any atom is -0.242 e. The summed E-state index contributed by atoms with van der Waals surface area (Å²) in [4.78, 5) is 3.49. The van der Waals surface area contributed by atoms with E-state index in [1.807, 2.05) is 0 Å². The highest BCUT2D eigenvalue weighted by Crippen LogP contribution is 2.34. The van der Waals surface area contributed by atoms with Crippen LogP contribution < -0.4 is 0 Å². The number of hydrogen-bond donors (Lipinski definition) is 0. The first-order valence-corrected chi connectivity index (χ1v) is 6.58. The molecule has 112 valence electrons. The van der Waals surface area contributed by atoms with E-state index in [9.17, 15) is 26.3 Å². The predicted molar refractivity (Wildman–Crippen MR) is 72.4 cm³/mol. The molecule has 0 aliphatic rings. The smallest absolute Gasteiger partial charge is 0.242 e. The highest BCUT2D eigenvalue weighted by molar-refractivity contribution is 14.1. The Morgan fingerprint density at radius 3 is 1.81 bits per heavy atom. The molecule has 8 heteroatoms. The molecule has 1 heterocycles. The molecule has 2 rings (SSSR count). The van der Waals surface area contributed by atoms with Crippen molar-refractivity contribution in [1.82, 2.24) is 4.98 Å². The van der Waals surface area contributed by atoms with Gasteiger partial charge in [0.15, 0.2) is 5.69 Å². The maximum absolute atomic E-state index is 12.7. The molecule has 0 radical (unpaired) electrons. The first-order chi connectivity index (χ1) is 9.59. The Balaban J connectivity index is 2.44. The van der Waals surface area contributed by atoms with Gasteiger partial charge in [-0.3, -0.25) is 0 Å². The number of aromatic nitrogens is 1. The molecule has 21 heavy (non-hydrogen) atoms. The monoisotopic (exact) mass is 417 g/mol. The fourth-order valence-corrected chi connectivity index (χ4v) is 2.24. The third kappa shape index (κ3) is 3.66. The molecule has 0 bridgehead atoms. The molecular formula is C13H6F6IN. The number of halogens is 7. The molecule has 2 aromatic rings. The summed E-state index contributed by atoms with van der Waals surface area (Å²) in [6, 6.07) is 6.36. The van der Waals surface area contributed by atoms with Crippen LogP contribution in [0.5, 0.6) is 0 Å². The van der Waals surface area contributed by atoms with Gasteiger partial charge in [0.05, 0.1) is 11.3 Å². The van der Waals surface area contributed by atoms with Crippen LogP contribution in [0.25, 0.3) is 11.3 Å². The van der Waals surface area contributed by atoms with Crippen molar-refractivity contribution in [3.63, 3.8) is 0 Å². The van der Waals surface area contributed by atoms with Crippen molar-refractivity contribution in [3.05, 3.63) is 51.2 Å². The van der Waals surface area contributed by atoms with Gasteiger partial charge >= 0.3 is 12.4 Å². The first kappa shape index (κ1) is 16.1. The lowest BCUT2D eigenvalue weighted by atomic mass is 10.1. The quantitative estimate of drug-likeness (QED) is 0.448. The summed E-state index contributed by atoms with van der Waals surface area (Å²) in [5.74, 6) is 0. The first-order valence-electron chi connectivity index (χ1n) is 5.50. The molecule has 0 saturated heterocycles. The molecule has 0 aliphatic carbocycles. The maximum Gasteiger partial charge on any atom is 0.434 e. The van der Waals surface area contributed by atoms with E-state index in [1.54, 1.807) is 0 Å². The zero-order valence-corrected chi connectivity index (χ0v) is 12.2. The van der Waals surface area contributed by atoms with Crippen molar-refractivity contribution >= 4 is 22.6 Å². The van der Waals surface area contributed by atoms with Crippen molar-refractivity contribution in [2.24, 2.45) is 0 Å². The van der Waals surface area contributed by atoms with Crippen LogP contribution in [0.3, 0.4) is 0 Å². The zero-order valence-electron chi connectivity index (χ0n) is 10.1. The van der Waals surface area contributed by atoms with Crippen molar-refractivity contribution in [2.45, 2.75) is 12.4 Å². The Hall–Kier alpha value is -1.32. The van der Waals surface area contributed by atoms with E-state index >= 15 is 0 Å². The maximum atomic E-state index is 12.7. The Labute approximate surface area is 129 Å². The molecule has 0 N–H and O–H groups in total. The SMILES string of the molecule is FC(F)(F)c1ccc(-c2ccc(I)c(C(F)(F)F)n2)cc1. The van der Waals surface area contributed by atoms with Gasteiger partial charge in [0.2, 0.25) is 0 Å².